The molecule has 0 saturated carbocycles. The van der Waals surface area contributed by atoms with E-state index in [0.717, 1.165) is 0 Å². The van der Waals surface area contributed by atoms with Crippen LogP contribution >= 0.6 is 11.6 Å². The number of rotatable bonds is 2. The summed E-state index contributed by atoms with van der Waals surface area (Å²) in [7, 11) is 0. The van der Waals surface area contributed by atoms with Crippen molar-refractivity contribution in [2.45, 2.75) is 46.2 Å². The smallest absolute Gasteiger partial charge is 0.250 e. The summed E-state index contributed by atoms with van der Waals surface area (Å²) in [6.45, 7) is 7.70. The molecule has 0 radical (unpaired) electrons. The highest BCUT2D eigenvalue weighted by molar-refractivity contribution is 6.34. The molecule has 2 amide bonds. The van der Waals surface area contributed by atoms with E-state index in [4.69, 9.17) is 11.6 Å². The Morgan fingerprint density at radius 3 is 2.38 bits per heavy atom. The largest absolute Gasteiger partial charge is 0.342 e. The molecule has 0 spiro atoms. The first-order chi connectivity index (χ1) is 9.77. The third kappa shape index (κ3) is 2.91. The van der Waals surface area contributed by atoms with Gasteiger partial charge in [-0.15, -0.1) is 0 Å². The van der Waals surface area contributed by atoms with Crippen LogP contribution in [0.15, 0.2) is 24.3 Å². The molecule has 1 aromatic carbocycles. The van der Waals surface area contributed by atoms with E-state index in [-0.39, 0.29) is 17.2 Å². The molecule has 5 heteroatoms. The van der Waals surface area contributed by atoms with Crippen molar-refractivity contribution < 1.29 is 9.59 Å². The number of halogens is 1. The van der Waals surface area contributed by atoms with Gasteiger partial charge in [0, 0.05) is 0 Å². The number of nitrogens with zero attached hydrogens (tertiary/aromatic N) is 1. The first-order valence-electron chi connectivity index (χ1n) is 7.15. The Balaban J connectivity index is 2.50. The number of hydrogen-bond donors (Lipinski definition) is 1. The summed E-state index contributed by atoms with van der Waals surface area (Å²) >= 11 is 6.23. The minimum absolute atomic E-state index is 0.109. The molecule has 0 aromatic heterocycles. The zero-order chi connectivity index (χ0) is 15.8. The second-order valence-corrected chi connectivity index (χ2v) is 6.80. The number of para-hydroxylation sites is 1. The number of nitrogens with one attached hydrogen (secondary N) is 1. The van der Waals surface area contributed by atoms with E-state index in [9.17, 15) is 9.59 Å². The van der Waals surface area contributed by atoms with Gasteiger partial charge < -0.3 is 5.32 Å². The van der Waals surface area contributed by atoms with E-state index in [1.54, 1.807) is 17.0 Å². The van der Waals surface area contributed by atoms with Crippen molar-refractivity contribution in [2.75, 3.05) is 4.90 Å². The zero-order valence-electron chi connectivity index (χ0n) is 12.8. The summed E-state index contributed by atoms with van der Waals surface area (Å²) in [5.41, 5.74) is 0.241. The molecule has 1 aliphatic rings. The van der Waals surface area contributed by atoms with Crippen LogP contribution < -0.4 is 10.2 Å². The van der Waals surface area contributed by atoms with E-state index < -0.39 is 12.1 Å². The van der Waals surface area contributed by atoms with Crippen LogP contribution in [0.1, 0.15) is 34.1 Å². The Morgan fingerprint density at radius 1 is 1.24 bits per heavy atom. The molecule has 21 heavy (non-hydrogen) atoms. The summed E-state index contributed by atoms with van der Waals surface area (Å²) in [6.07, 6.45) is 0.541. The minimum atomic E-state index is -0.552. The molecule has 1 N–H and O–H groups in total. The molecule has 2 atom stereocenters. The Kier molecular flexibility index (Phi) is 4.28. The lowest BCUT2D eigenvalue weighted by atomic mass is 9.83. The standard InChI is InChI=1S/C16H21ClN2O2/c1-5-11-14(20)18-13(16(2,3)4)15(21)19(11)12-9-7-6-8-10(12)17/h6-9,11,13H,5H2,1-4H3,(H,18,20). The fourth-order valence-electron chi connectivity index (χ4n) is 2.60. The van der Waals surface area contributed by atoms with Crippen LogP contribution in [0.3, 0.4) is 0 Å². The second kappa shape index (κ2) is 5.68. The second-order valence-electron chi connectivity index (χ2n) is 6.39. The quantitative estimate of drug-likeness (QED) is 0.913. The highest BCUT2D eigenvalue weighted by atomic mass is 35.5. The van der Waals surface area contributed by atoms with Crippen molar-refractivity contribution in [3.8, 4) is 0 Å². The number of carbonyl (C=O) groups excluding carboxylic acids is 2. The maximum Gasteiger partial charge on any atom is 0.250 e. The van der Waals surface area contributed by atoms with Crippen LogP contribution in [-0.2, 0) is 9.59 Å². The topological polar surface area (TPSA) is 49.4 Å². The lowest BCUT2D eigenvalue weighted by Crippen LogP contribution is -2.66. The maximum absolute atomic E-state index is 12.9. The zero-order valence-corrected chi connectivity index (χ0v) is 13.6. The van der Waals surface area contributed by atoms with Gasteiger partial charge in [0.2, 0.25) is 5.91 Å². The molecule has 1 aliphatic heterocycles. The van der Waals surface area contributed by atoms with Gasteiger partial charge in [0.25, 0.3) is 5.91 Å². The van der Waals surface area contributed by atoms with Crippen LogP contribution in [-0.4, -0.2) is 23.9 Å². The first-order valence-corrected chi connectivity index (χ1v) is 7.53. The van der Waals surface area contributed by atoms with Gasteiger partial charge in [-0.1, -0.05) is 51.4 Å². The average molecular weight is 309 g/mol. The monoisotopic (exact) mass is 308 g/mol. The highest BCUT2D eigenvalue weighted by Gasteiger charge is 2.45. The van der Waals surface area contributed by atoms with Crippen molar-refractivity contribution >= 4 is 29.1 Å². The van der Waals surface area contributed by atoms with Gasteiger partial charge in [-0.25, -0.2) is 0 Å². The molecule has 1 fully saturated rings. The van der Waals surface area contributed by atoms with E-state index >= 15 is 0 Å². The van der Waals surface area contributed by atoms with E-state index in [1.807, 2.05) is 39.8 Å². The molecule has 1 heterocycles. The molecule has 4 nitrogen and oxygen atoms in total. The number of benzene rings is 1. The van der Waals surface area contributed by atoms with E-state index in [0.29, 0.717) is 17.1 Å². The summed E-state index contributed by atoms with van der Waals surface area (Å²) in [6, 6.07) is 6.07. The van der Waals surface area contributed by atoms with Crippen molar-refractivity contribution in [2.24, 2.45) is 5.41 Å². The minimum Gasteiger partial charge on any atom is -0.342 e. The Hall–Kier alpha value is -1.55. The maximum atomic E-state index is 12.9. The SMILES string of the molecule is CCC1C(=O)NC(C(C)(C)C)C(=O)N1c1ccccc1Cl. The molecule has 114 valence electrons. The molecular formula is C16H21ClN2O2. The van der Waals surface area contributed by atoms with E-state index in [1.165, 1.54) is 0 Å². The predicted molar refractivity (Wildman–Crippen MR) is 84.4 cm³/mol. The van der Waals surface area contributed by atoms with Gasteiger partial charge in [-0.2, -0.15) is 0 Å². The Morgan fingerprint density at radius 2 is 1.86 bits per heavy atom. The van der Waals surface area contributed by atoms with E-state index in [2.05, 4.69) is 5.32 Å². The predicted octanol–water partition coefficient (Wildman–Crippen LogP) is 3.00. The number of anilines is 1. The lowest BCUT2D eigenvalue weighted by molar-refractivity contribution is -0.136. The van der Waals surface area contributed by atoms with Gasteiger partial charge in [-0.3, -0.25) is 14.5 Å². The van der Waals surface area contributed by atoms with Gasteiger partial charge in [0.1, 0.15) is 12.1 Å². The molecule has 0 bridgehead atoms. The number of piperazine rings is 1. The van der Waals surface area contributed by atoms with Crippen LogP contribution in [0.25, 0.3) is 0 Å². The van der Waals surface area contributed by atoms with Crippen LogP contribution in [0, 0.1) is 5.41 Å². The van der Waals surface area contributed by atoms with Crippen molar-refractivity contribution in [1.29, 1.82) is 0 Å². The summed E-state index contributed by atoms with van der Waals surface area (Å²) in [5, 5.41) is 3.33. The molecule has 1 saturated heterocycles. The average Bonchev–Trinajstić information content (AvgIpc) is 2.40. The fourth-order valence-corrected chi connectivity index (χ4v) is 2.83. The summed E-state index contributed by atoms with van der Waals surface area (Å²) in [4.78, 5) is 26.8. The number of hydrogen-bond acceptors (Lipinski definition) is 2. The number of carbonyl (C=O) groups is 2. The van der Waals surface area contributed by atoms with Crippen molar-refractivity contribution in [1.82, 2.24) is 5.32 Å². The number of amides is 2. The molecule has 0 aliphatic carbocycles. The molecular weight excluding hydrogens is 288 g/mol. The van der Waals surface area contributed by atoms with Crippen LogP contribution in [0.4, 0.5) is 5.69 Å². The van der Waals surface area contributed by atoms with Gasteiger partial charge >= 0.3 is 0 Å². The molecule has 2 unspecified atom stereocenters. The van der Waals surface area contributed by atoms with Crippen molar-refractivity contribution in [3.63, 3.8) is 0 Å². The Bertz CT molecular complexity index is 566. The first kappa shape index (κ1) is 15.8. The normalized spacial score (nSPS) is 23.2. The molecule has 2 rings (SSSR count). The third-order valence-electron chi connectivity index (χ3n) is 3.75. The van der Waals surface area contributed by atoms with Crippen molar-refractivity contribution in [3.05, 3.63) is 29.3 Å². The van der Waals surface area contributed by atoms with Crippen LogP contribution in [0.2, 0.25) is 5.02 Å². The van der Waals surface area contributed by atoms with Crippen LogP contribution in [0.5, 0.6) is 0 Å². The summed E-state index contributed by atoms with van der Waals surface area (Å²) < 4.78 is 0. The highest BCUT2D eigenvalue weighted by Crippen LogP contribution is 2.33. The summed E-state index contributed by atoms with van der Waals surface area (Å²) in [5.74, 6) is -0.237. The molecule has 1 aromatic rings. The lowest BCUT2D eigenvalue weighted by Gasteiger charge is -2.43. The van der Waals surface area contributed by atoms with Gasteiger partial charge in [-0.05, 0) is 24.0 Å². The Labute approximate surface area is 130 Å². The fraction of sp³-hybridized carbons (Fsp3) is 0.500. The van der Waals surface area contributed by atoms with Gasteiger partial charge in [0.05, 0.1) is 10.7 Å². The third-order valence-corrected chi connectivity index (χ3v) is 4.07. The van der Waals surface area contributed by atoms with Gasteiger partial charge in [0.15, 0.2) is 0 Å².